The van der Waals surface area contributed by atoms with Gasteiger partial charge in [0.1, 0.15) is 0 Å². The number of thioether (sulfide) groups is 1. The SMILES string of the molecule is CC(N)CSCc1csc2ccccc12. The van der Waals surface area contributed by atoms with Crippen molar-refractivity contribution in [2.24, 2.45) is 5.73 Å². The molecule has 1 aromatic carbocycles. The second-order valence-corrected chi connectivity index (χ2v) is 5.69. The minimum atomic E-state index is 0.292. The first-order valence-electron chi connectivity index (χ1n) is 5.06. The van der Waals surface area contributed by atoms with Crippen molar-refractivity contribution in [3.05, 3.63) is 35.2 Å². The van der Waals surface area contributed by atoms with E-state index in [-0.39, 0.29) is 0 Å². The van der Waals surface area contributed by atoms with Gasteiger partial charge in [-0.1, -0.05) is 18.2 Å². The molecule has 2 N–H and O–H groups in total. The number of nitrogens with two attached hydrogens (primary N) is 1. The fourth-order valence-corrected chi connectivity index (χ4v) is 3.52. The zero-order valence-electron chi connectivity index (χ0n) is 8.77. The number of thiophene rings is 1. The average molecular weight is 237 g/mol. The van der Waals surface area contributed by atoms with Crippen LogP contribution in [0.3, 0.4) is 0 Å². The van der Waals surface area contributed by atoms with E-state index in [0.29, 0.717) is 6.04 Å². The molecule has 0 saturated heterocycles. The fourth-order valence-electron chi connectivity index (χ4n) is 1.50. The predicted octanol–water partition coefficient (Wildman–Crippen LogP) is 3.48. The molecule has 1 nitrogen and oxygen atoms in total. The van der Waals surface area contributed by atoms with Crippen LogP contribution in [0.1, 0.15) is 12.5 Å². The van der Waals surface area contributed by atoms with Gasteiger partial charge in [0.15, 0.2) is 0 Å². The number of hydrogen-bond acceptors (Lipinski definition) is 3. The minimum absolute atomic E-state index is 0.292. The lowest BCUT2D eigenvalue weighted by Crippen LogP contribution is -2.17. The highest BCUT2D eigenvalue weighted by Gasteiger charge is 2.03. The van der Waals surface area contributed by atoms with E-state index < -0.39 is 0 Å². The molecule has 80 valence electrons. The van der Waals surface area contributed by atoms with E-state index in [2.05, 4.69) is 36.6 Å². The predicted molar refractivity (Wildman–Crippen MR) is 71.6 cm³/mol. The second kappa shape index (κ2) is 5.01. The molecule has 1 atom stereocenters. The van der Waals surface area contributed by atoms with Crippen LogP contribution in [0.2, 0.25) is 0 Å². The first kappa shape index (κ1) is 11.0. The van der Waals surface area contributed by atoms with Gasteiger partial charge in [-0.05, 0) is 29.3 Å². The van der Waals surface area contributed by atoms with E-state index in [1.54, 1.807) is 0 Å². The highest BCUT2D eigenvalue weighted by molar-refractivity contribution is 7.98. The van der Waals surface area contributed by atoms with E-state index in [1.807, 2.05) is 23.1 Å². The lowest BCUT2D eigenvalue weighted by atomic mass is 10.2. The zero-order valence-corrected chi connectivity index (χ0v) is 10.4. The molecule has 0 radical (unpaired) electrons. The quantitative estimate of drug-likeness (QED) is 0.881. The van der Waals surface area contributed by atoms with Crippen LogP contribution in [0.25, 0.3) is 10.1 Å². The molecular formula is C12H15NS2. The maximum atomic E-state index is 5.73. The summed E-state index contributed by atoms with van der Waals surface area (Å²) >= 11 is 3.74. The first-order valence-corrected chi connectivity index (χ1v) is 7.09. The molecule has 0 spiro atoms. The van der Waals surface area contributed by atoms with Crippen molar-refractivity contribution < 1.29 is 0 Å². The number of rotatable bonds is 4. The highest BCUT2D eigenvalue weighted by atomic mass is 32.2. The molecule has 0 aliphatic carbocycles. The molecule has 1 unspecified atom stereocenters. The van der Waals surface area contributed by atoms with Gasteiger partial charge in [-0.2, -0.15) is 11.8 Å². The van der Waals surface area contributed by atoms with Crippen molar-refractivity contribution >= 4 is 33.2 Å². The van der Waals surface area contributed by atoms with Gasteiger partial charge in [0, 0.05) is 22.2 Å². The molecule has 1 heterocycles. The molecule has 2 aromatic rings. The fraction of sp³-hybridized carbons (Fsp3) is 0.333. The van der Waals surface area contributed by atoms with Crippen LogP contribution in [0.4, 0.5) is 0 Å². The average Bonchev–Trinajstić information content (AvgIpc) is 2.62. The summed E-state index contributed by atoms with van der Waals surface area (Å²) in [7, 11) is 0. The van der Waals surface area contributed by atoms with E-state index >= 15 is 0 Å². The van der Waals surface area contributed by atoms with Crippen molar-refractivity contribution in [2.75, 3.05) is 5.75 Å². The Morgan fingerprint density at radius 3 is 3.00 bits per heavy atom. The molecule has 0 saturated carbocycles. The molecule has 2 rings (SSSR count). The largest absolute Gasteiger partial charge is 0.327 e. The molecule has 0 aliphatic heterocycles. The molecule has 0 bridgehead atoms. The van der Waals surface area contributed by atoms with Gasteiger partial charge >= 0.3 is 0 Å². The van der Waals surface area contributed by atoms with Gasteiger partial charge in [-0.15, -0.1) is 11.3 Å². The summed E-state index contributed by atoms with van der Waals surface area (Å²) in [4.78, 5) is 0. The summed E-state index contributed by atoms with van der Waals surface area (Å²) in [6.07, 6.45) is 0. The van der Waals surface area contributed by atoms with E-state index in [9.17, 15) is 0 Å². The maximum absolute atomic E-state index is 5.73. The third kappa shape index (κ3) is 2.74. The Kier molecular flexibility index (Phi) is 3.67. The van der Waals surface area contributed by atoms with Crippen LogP contribution >= 0.6 is 23.1 Å². The lowest BCUT2D eigenvalue weighted by Gasteiger charge is -2.03. The Bertz CT molecular complexity index is 434. The first-order chi connectivity index (χ1) is 7.27. The third-order valence-corrected chi connectivity index (χ3v) is 4.49. The molecule has 15 heavy (non-hydrogen) atoms. The van der Waals surface area contributed by atoms with Crippen LogP contribution in [0.15, 0.2) is 29.6 Å². The maximum Gasteiger partial charge on any atom is 0.0345 e. The number of fused-ring (bicyclic) bond motifs is 1. The van der Waals surface area contributed by atoms with Crippen molar-refractivity contribution in [3.8, 4) is 0 Å². The molecule has 0 fully saturated rings. The number of benzene rings is 1. The Balaban J connectivity index is 2.08. The standard InChI is InChI=1S/C12H15NS2/c1-9(13)6-14-7-10-8-15-12-5-3-2-4-11(10)12/h2-5,8-9H,6-7,13H2,1H3. The number of hydrogen-bond donors (Lipinski definition) is 1. The topological polar surface area (TPSA) is 26.0 Å². The van der Waals surface area contributed by atoms with Gasteiger partial charge < -0.3 is 5.73 Å². The van der Waals surface area contributed by atoms with Crippen molar-refractivity contribution in [2.45, 2.75) is 18.7 Å². The molecule has 0 amide bonds. The summed E-state index contributed by atoms with van der Waals surface area (Å²) in [5.41, 5.74) is 7.17. The Morgan fingerprint density at radius 2 is 2.20 bits per heavy atom. The third-order valence-electron chi connectivity index (χ3n) is 2.20. The van der Waals surface area contributed by atoms with Gasteiger partial charge in [-0.3, -0.25) is 0 Å². The molecule has 3 heteroatoms. The van der Waals surface area contributed by atoms with Crippen LogP contribution in [0, 0.1) is 0 Å². The van der Waals surface area contributed by atoms with Crippen molar-refractivity contribution in [1.82, 2.24) is 0 Å². The van der Waals surface area contributed by atoms with Crippen LogP contribution in [-0.4, -0.2) is 11.8 Å². The highest BCUT2D eigenvalue weighted by Crippen LogP contribution is 2.28. The van der Waals surface area contributed by atoms with Gasteiger partial charge in [0.25, 0.3) is 0 Å². The summed E-state index contributed by atoms with van der Waals surface area (Å²) in [6.45, 7) is 2.05. The normalized spacial score (nSPS) is 13.2. The van der Waals surface area contributed by atoms with Gasteiger partial charge in [0.2, 0.25) is 0 Å². The molecule has 0 aliphatic rings. The molecule has 1 aromatic heterocycles. The zero-order chi connectivity index (χ0) is 10.7. The van der Waals surface area contributed by atoms with Crippen molar-refractivity contribution in [1.29, 1.82) is 0 Å². The smallest absolute Gasteiger partial charge is 0.0345 e. The second-order valence-electron chi connectivity index (χ2n) is 3.75. The minimum Gasteiger partial charge on any atom is -0.327 e. The van der Waals surface area contributed by atoms with Crippen LogP contribution < -0.4 is 5.73 Å². The Hall–Kier alpha value is -0.510. The van der Waals surface area contributed by atoms with E-state index in [1.165, 1.54) is 15.6 Å². The van der Waals surface area contributed by atoms with Crippen molar-refractivity contribution in [3.63, 3.8) is 0 Å². The summed E-state index contributed by atoms with van der Waals surface area (Å²) in [5.74, 6) is 2.11. The van der Waals surface area contributed by atoms with Crippen LogP contribution in [-0.2, 0) is 5.75 Å². The summed E-state index contributed by atoms with van der Waals surface area (Å²) < 4.78 is 1.38. The van der Waals surface area contributed by atoms with E-state index in [4.69, 9.17) is 5.73 Å². The van der Waals surface area contributed by atoms with Crippen LogP contribution in [0.5, 0.6) is 0 Å². The molecular weight excluding hydrogens is 222 g/mol. The van der Waals surface area contributed by atoms with Gasteiger partial charge in [-0.25, -0.2) is 0 Å². The van der Waals surface area contributed by atoms with E-state index in [0.717, 1.165) is 11.5 Å². The lowest BCUT2D eigenvalue weighted by molar-refractivity contribution is 0.847. The summed E-state index contributed by atoms with van der Waals surface area (Å²) in [6, 6.07) is 8.87. The summed E-state index contributed by atoms with van der Waals surface area (Å²) in [5, 5.41) is 3.67. The Morgan fingerprint density at radius 1 is 1.40 bits per heavy atom. The van der Waals surface area contributed by atoms with Gasteiger partial charge in [0.05, 0.1) is 0 Å². The Labute approximate surface area is 98.7 Å². The monoisotopic (exact) mass is 237 g/mol.